The molecule has 1 aliphatic carbocycles. The Morgan fingerprint density at radius 3 is 2.93 bits per heavy atom. The summed E-state index contributed by atoms with van der Waals surface area (Å²) in [5, 5.41) is 0. The topological polar surface area (TPSA) is 29.9 Å². The Morgan fingerprint density at radius 1 is 1.47 bits per heavy atom. The van der Waals surface area contributed by atoms with Gasteiger partial charge in [0.1, 0.15) is 5.75 Å². The number of fused-ring (bicyclic) bond motifs is 1. The lowest BCUT2D eigenvalue weighted by Gasteiger charge is -2.02. The minimum atomic E-state index is 0.611. The lowest BCUT2D eigenvalue weighted by Crippen LogP contribution is -1.92. The molecule has 0 saturated heterocycles. The zero-order chi connectivity index (χ0) is 10.4. The van der Waals surface area contributed by atoms with Gasteiger partial charge >= 0.3 is 0 Å². The van der Waals surface area contributed by atoms with E-state index in [1.165, 1.54) is 18.4 Å². The third kappa shape index (κ3) is 1.36. The van der Waals surface area contributed by atoms with Crippen LogP contribution in [0.5, 0.6) is 5.75 Å². The molecule has 3 nitrogen and oxygen atoms in total. The van der Waals surface area contributed by atoms with Crippen LogP contribution < -0.4 is 4.74 Å². The Kier molecular flexibility index (Phi) is 1.85. The number of imidazole rings is 1. The summed E-state index contributed by atoms with van der Waals surface area (Å²) in [6.45, 7) is 0. The van der Waals surface area contributed by atoms with Crippen molar-refractivity contribution < 1.29 is 4.74 Å². The molecule has 1 fully saturated rings. The minimum Gasteiger partial charge on any atom is -0.497 e. The van der Waals surface area contributed by atoms with Crippen molar-refractivity contribution in [2.24, 2.45) is 0 Å². The van der Waals surface area contributed by atoms with Gasteiger partial charge in [0.2, 0.25) is 0 Å². The summed E-state index contributed by atoms with van der Waals surface area (Å²) in [6, 6.07) is 6.65. The number of aromatic amines is 1. The van der Waals surface area contributed by atoms with E-state index in [1.54, 1.807) is 7.11 Å². The summed E-state index contributed by atoms with van der Waals surface area (Å²) < 4.78 is 8.22. The third-order valence-corrected chi connectivity index (χ3v) is 3.13. The number of ether oxygens (including phenoxy) is 1. The van der Waals surface area contributed by atoms with Crippen LogP contribution in [0.1, 0.15) is 18.9 Å². The maximum Gasteiger partial charge on any atom is 0.178 e. The Balaban J connectivity index is 2.28. The van der Waals surface area contributed by atoms with E-state index in [0.29, 0.717) is 6.04 Å². The molecule has 1 aromatic heterocycles. The summed E-state index contributed by atoms with van der Waals surface area (Å²) in [5.41, 5.74) is 2.24. The van der Waals surface area contributed by atoms with Crippen molar-refractivity contribution in [2.45, 2.75) is 18.9 Å². The zero-order valence-corrected chi connectivity index (χ0v) is 9.30. The van der Waals surface area contributed by atoms with Crippen LogP contribution in [-0.4, -0.2) is 16.7 Å². The molecule has 2 aromatic rings. The minimum absolute atomic E-state index is 0.611. The van der Waals surface area contributed by atoms with E-state index in [9.17, 15) is 0 Å². The number of rotatable bonds is 2. The Hall–Kier alpha value is -1.29. The van der Waals surface area contributed by atoms with Gasteiger partial charge in [0, 0.05) is 12.1 Å². The Morgan fingerprint density at radius 2 is 2.27 bits per heavy atom. The average molecular weight is 220 g/mol. The molecule has 78 valence electrons. The first-order chi connectivity index (χ1) is 7.29. The van der Waals surface area contributed by atoms with E-state index in [4.69, 9.17) is 17.0 Å². The van der Waals surface area contributed by atoms with Gasteiger partial charge < -0.3 is 14.3 Å². The van der Waals surface area contributed by atoms with Crippen molar-refractivity contribution >= 4 is 23.3 Å². The molecule has 0 amide bonds. The highest BCUT2D eigenvalue weighted by molar-refractivity contribution is 7.71. The van der Waals surface area contributed by atoms with E-state index in [-0.39, 0.29) is 0 Å². The molecule has 1 aliphatic rings. The van der Waals surface area contributed by atoms with E-state index < -0.39 is 0 Å². The molecule has 1 saturated carbocycles. The quantitative estimate of drug-likeness (QED) is 0.788. The predicted molar refractivity (Wildman–Crippen MR) is 61.9 cm³/mol. The molecule has 0 spiro atoms. The van der Waals surface area contributed by atoms with Crippen LogP contribution in [0.15, 0.2) is 18.2 Å². The van der Waals surface area contributed by atoms with Crippen molar-refractivity contribution in [3.05, 3.63) is 23.0 Å². The number of hydrogen-bond donors (Lipinski definition) is 1. The monoisotopic (exact) mass is 220 g/mol. The number of nitrogens with one attached hydrogen (secondary N) is 1. The average Bonchev–Trinajstić information content (AvgIpc) is 3.00. The van der Waals surface area contributed by atoms with Crippen molar-refractivity contribution in [2.75, 3.05) is 7.11 Å². The van der Waals surface area contributed by atoms with E-state index in [0.717, 1.165) is 16.0 Å². The highest BCUT2D eigenvalue weighted by Crippen LogP contribution is 2.38. The summed E-state index contributed by atoms with van der Waals surface area (Å²) in [7, 11) is 1.67. The standard InChI is InChI=1S/C11H12N2OS/c1-14-8-4-5-10-9(6-8)12-11(15)13(10)7-2-3-7/h4-7H,2-3H2,1H3,(H,12,15). The molecule has 0 aliphatic heterocycles. The van der Waals surface area contributed by atoms with Gasteiger partial charge in [-0.3, -0.25) is 0 Å². The lowest BCUT2D eigenvalue weighted by atomic mass is 10.3. The second-order valence-corrected chi connectivity index (χ2v) is 4.30. The number of aromatic nitrogens is 2. The van der Waals surface area contributed by atoms with Crippen LogP contribution >= 0.6 is 12.2 Å². The van der Waals surface area contributed by atoms with Gasteiger partial charge in [-0.25, -0.2) is 0 Å². The molecule has 1 heterocycles. The molecule has 0 bridgehead atoms. The molecule has 1 N–H and O–H groups in total. The van der Waals surface area contributed by atoms with Crippen LogP contribution in [0.25, 0.3) is 11.0 Å². The van der Waals surface area contributed by atoms with Gasteiger partial charge in [0.25, 0.3) is 0 Å². The normalized spacial score (nSPS) is 15.8. The second kappa shape index (κ2) is 3.10. The van der Waals surface area contributed by atoms with Gasteiger partial charge in [0.15, 0.2) is 4.77 Å². The summed E-state index contributed by atoms with van der Waals surface area (Å²) in [4.78, 5) is 3.22. The fourth-order valence-electron chi connectivity index (χ4n) is 1.93. The first kappa shape index (κ1) is 8.97. The summed E-state index contributed by atoms with van der Waals surface area (Å²) in [5.74, 6) is 0.863. The van der Waals surface area contributed by atoms with Gasteiger partial charge in [-0.05, 0) is 37.2 Å². The van der Waals surface area contributed by atoms with Gasteiger partial charge in [-0.1, -0.05) is 0 Å². The highest BCUT2D eigenvalue weighted by Gasteiger charge is 2.25. The van der Waals surface area contributed by atoms with Gasteiger partial charge in [0.05, 0.1) is 18.1 Å². The number of benzene rings is 1. The molecule has 0 radical (unpaired) electrons. The summed E-state index contributed by atoms with van der Waals surface area (Å²) >= 11 is 5.32. The number of H-pyrrole nitrogens is 1. The second-order valence-electron chi connectivity index (χ2n) is 3.91. The van der Waals surface area contributed by atoms with Crippen LogP contribution in [0.3, 0.4) is 0 Å². The molecule has 4 heteroatoms. The zero-order valence-electron chi connectivity index (χ0n) is 8.49. The van der Waals surface area contributed by atoms with Crippen LogP contribution in [0.2, 0.25) is 0 Å². The number of hydrogen-bond acceptors (Lipinski definition) is 2. The van der Waals surface area contributed by atoms with Gasteiger partial charge in [-0.15, -0.1) is 0 Å². The van der Waals surface area contributed by atoms with Gasteiger partial charge in [-0.2, -0.15) is 0 Å². The highest BCUT2D eigenvalue weighted by atomic mass is 32.1. The number of methoxy groups -OCH3 is 1. The van der Waals surface area contributed by atoms with Crippen LogP contribution in [0, 0.1) is 4.77 Å². The smallest absolute Gasteiger partial charge is 0.178 e. The van der Waals surface area contributed by atoms with E-state index in [1.807, 2.05) is 12.1 Å². The van der Waals surface area contributed by atoms with E-state index >= 15 is 0 Å². The Labute approximate surface area is 92.7 Å². The maximum atomic E-state index is 5.32. The molecule has 15 heavy (non-hydrogen) atoms. The fourth-order valence-corrected chi connectivity index (χ4v) is 2.29. The molecular weight excluding hydrogens is 208 g/mol. The molecule has 0 atom stereocenters. The first-order valence-electron chi connectivity index (χ1n) is 5.08. The van der Waals surface area contributed by atoms with Crippen molar-refractivity contribution in [1.29, 1.82) is 0 Å². The fraction of sp³-hybridized carbons (Fsp3) is 0.364. The Bertz CT molecular complexity index is 565. The van der Waals surface area contributed by atoms with E-state index in [2.05, 4.69) is 15.6 Å². The predicted octanol–water partition coefficient (Wildman–Crippen LogP) is 3.04. The third-order valence-electron chi connectivity index (χ3n) is 2.84. The van der Waals surface area contributed by atoms with Crippen molar-refractivity contribution in [3.63, 3.8) is 0 Å². The van der Waals surface area contributed by atoms with Crippen molar-refractivity contribution in [3.8, 4) is 5.75 Å². The molecule has 1 aromatic carbocycles. The van der Waals surface area contributed by atoms with Crippen molar-refractivity contribution in [1.82, 2.24) is 9.55 Å². The van der Waals surface area contributed by atoms with Crippen LogP contribution in [0.4, 0.5) is 0 Å². The SMILES string of the molecule is COc1ccc2c(c1)[nH]c(=S)n2C1CC1. The molecular formula is C11H12N2OS. The maximum absolute atomic E-state index is 5.32. The largest absolute Gasteiger partial charge is 0.497 e. The molecule has 0 unspecified atom stereocenters. The lowest BCUT2D eigenvalue weighted by molar-refractivity contribution is 0.415. The molecule has 3 rings (SSSR count). The first-order valence-corrected chi connectivity index (χ1v) is 5.48. The van der Waals surface area contributed by atoms with Crippen LogP contribution in [-0.2, 0) is 0 Å². The summed E-state index contributed by atoms with van der Waals surface area (Å²) in [6.07, 6.45) is 2.49. The number of nitrogens with zero attached hydrogens (tertiary/aromatic N) is 1.